The number of anilines is 2. The maximum Gasteiger partial charge on any atom is 0.262 e. The Labute approximate surface area is 196 Å². The summed E-state index contributed by atoms with van der Waals surface area (Å²) < 4.78 is 1.80. The quantitative estimate of drug-likeness (QED) is 0.311. The van der Waals surface area contributed by atoms with Crippen LogP contribution in [-0.4, -0.2) is 21.2 Å². The molecule has 1 saturated carbocycles. The van der Waals surface area contributed by atoms with Crippen molar-refractivity contribution in [1.29, 1.82) is 0 Å². The van der Waals surface area contributed by atoms with Crippen LogP contribution in [0.1, 0.15) is 30.0 Å². The predicted octanol–water partition coefficient (Wildman–Crippen LogP) is 5.29. The van der Waals surface area contributed by atoms with Crippen molar-refractivity contribution in [3.63, 3.8) is 0 Å². The monoisotopic (exact) mass is 453 g/mol. The van der Waals surface area contributed by atoms with Gasteiger partial charge in [0.1, 0.15) is 0 Å². The first-order valence-electron chi connectivity index (χ1n) is 11.3. The first-order valence-corrected chi connectivity index (χ1v) is 12.3. The second-order valence-electron chi connectivity index (χ2n) is 8.59. The van der Waals surface area contributed by atoms with Gasteiger partial charge in [-0.3, -0.25) is 19.1 Å². The van der Waals surface area contributed by atoms with Gasteiger partial charge in [0.05, 0.1) is 28.0 Å². The fourth-order valence-corrected chi connectivity index (χ4v) is 5.54. The Bertz CT molecular complexity index is 1390. The SMILES string of the molecule is O=C(CSc1nc2ccccc2c(=O)n1C1CC1)N1c2ccccc2CCc2ccccc21. The van der Waals surface area contributed by atoms with E-state index in [2.05, 4.69) is 12.1 Å². The molecule has 1 aliphatic heterocycles. The van der Waals surface area contributed by atoms with E-state index < -0.39 is 0 Å². The van der Waals surface area contributed by atoms with Crippen LogP contribution in [0.3, 0.4) is 0 Å². The number of para-hydroxylation sites is 3. The van der Waals surface area contributed by atoms with Gasteiger partial charge in [0, 0.05) is 6.04 Å². The Morgan fingerprint density at radius 3 is 2.15 bits per heavy atom. The van der Waals surface area contributed by atoms with Gasteiger partial charge in [-0.05, 0) is 61.1 Å². The molecule has 3 aromatic carbocycles. The number of benzene rings is 3. The number of carbonyl (C=O) groups is 1. The lowest BCUT2D eigenvalue weighted by atomic mass is 10.0. The van der Waals surface area contributed by atoms with Gasteiger partial charge >= 0.3 is 0 Å². The average Bonchev–Trinajstić information content (AvgIpc) is 3.69. The van der Waals surface area contributed by atoms with Crippen LogP contribution in [0.25, 0.3) is 10.9 Å². The van der Waals surface area contributed by atoms with Crippen molar-refractivity contribution in [3.8, 4) is 0 Å². The highest BCUT2D eigenvalue weighted by Gasteiger charge is 2.30. The lowest BCUT2D eigenvalue weighted by Crippen LogP contribution is -2.29. The molecule has 0 unspecified atom stereocenters. The number of rotatable bonds is 4. The molecule has 2 aliphatic rings. The van der Waals surface area contributed by atoms with Crippen molar-refractivity contribution >= 4 is 39.9 Å². The number of hydrogen-bond donors (Lipinski definition) is 0. The van der Waals surface area contributed by atoms with Gasteiger partial charge in [0.2, 0.25) is 5.91 Å². The third kappa shape index (κ3) is 3.64. The molecular weight excluding hydrogens is 430 g/mol. The molecule has 164 valence electrons. The zero-order valence-electron chi connectivity index (χ0n) is 18.1. The Morgan fingerprint density at radius 1 is 0.879 bits per heavy atom. The van der Waals surface area contributed by atoms with Gasteiger partial charge in [-0.15, -0.1) is 0 Å². The van der Waals surface area contributed by atoms with Gasteiger partial charge in [-0.2, -0.15) is 0 Å². The number of fused-ring (bicyclic) bond motifs is 3. The van der Waals surface area contributed by atoms with Crippen LogP contribution in [0.5, 0.6) is 0 Å². The summed E-state index contributed by atoms with van der Waals surface area (Å²) >= 11 is 1.36. The Morgan fingerprint density at radius 2 is 1.48 bits per heavy atom. The van der Waals surface area contributed by atoms with Crippen LogP contribution < -0.4 is 10.5 Å². The van der Waals surface area contributed by atoms with E-state index >= 15 is 0 Å². The van der Waals surface area contributed by atoms with Gasteiger partial charge < -0.3 is 0 Å². The van der Waals surface area contributed by atoms with E-state index in [9.17, 15) is 9.59 Å². The Balaban J connectivity index is 1.37. The van der Waals surface area contributed by atoms with E-state index in [1.165, 1.54) is 22.9 Å². The summed E-state index contributed by atoms with van der Waals surface area (Å²) in [6, 6.07) is 23.9. The molecule has 5 nitrogen and oxygen atoms in total. The fraction of sp³-hybridized carbons (Fsp3) is 0.222. The zero-order chi connectivity index (χ0) is 22.4. The highest BCUT2D eigenvalue weighted by Crippen LogP contribution is 2.39. The Kier molecular flexibility index (Phi) is 5.03. The van der Waals surface area contributed by atoms with Crippen LogP contribution in [0.4, 0.5) is 11.4 Å². The zero-order valence-corrected chi connectivity index (χ0v) is 18.9. The summed E-state index contributed by atoms with van der Waals surface area (Å²) in [5.41, 5.74) is 4.90. The molecule has 2 heterocycles. The van der Waals surface area contributed by atoms with E-state index in [0.29, 0.717) is 16.1 Å². The lowest BCUT2D eigenvalue weighted by molar-refractivity contribution is -0.115. The van der Waals surface area contributed by atoms with Crippen molar-refractivity contribution < 1.29 is 4.79 Å². The fourth-order valence-electron chi connectivity index (χ4n) is 4.62. The number of thioether (sulfide) groups is 1. The van der Waals surface area contributed by atoms with Crippen LogP contribution >= 0.6 is 11.8 Å². The number of amides is 1. The third-order valence-electron chi connectivity index (χ3n) is 6.39. The summed E-state index contributed by atoms with van der Waals surface area (Å²) in [6.07, 6.45) is 3.76. The molecule has 0 bridgehead atoms. The molecule has 33 heavy (non-hydrogen) atoms. The van der Waals surface area contributed by atoms with Crippen LogP contribution in [0.2, 0.25) is 0 Å². The molecule has 1 aromatic heterocycles. The minimum Gasteiger partial charge on any atom is -0.284 e. The molecule has 4 aromatic rings. The van der Waals surface area contributed by atoms with Crippen LogP contribution in [-0.2, 0) is 17.6 Å². The molecule has 6 heteroatoms. The van der Waals surface area contributed by atoms with Gasteiger partial charge in [-0.1, -0.05) is 60.3 Å². The minimum atomic E-state index is -0.0106. The van der Waals surface area contributed by atoms with Crippen LogP contribution in [0.15, 0.2) is 82.7 Å². The first-order chi connectivity index (χ1) is 16.2. The smallest absolute Gasteiger partial charge is 0.262 e. The molecule has 0 spiro atoms. The first kappa shape index (κ1) is 20.2. The summed E-state index contributed by atoms with van der Waals surface area (Å²) in [6.45, 7) is 0. The summed E-state index contributed by atoms with van der Waals surface area (Å²) in [5, 5.41) is 1.27. The van der Waals surface area contributed by atoms with E-state index in [0.717, 1.165) is 37.1 Å². The number of aromatic nitrogens is 2. The molecular formula is C27H23N3O2S. The number of hydrogen-bond acceptors (Lipinski definition) is 4. The molecule has 6 rings (SSSR count). The van der Waals surface area contributed by atoms with E-state index in [-0.39, 0.29) is 23.3 Å². The van der Waals surface area contributed by atoms with E-state index in [1.807, 2.05) is 65.6 Å². The summed E-state index contributed by atoms with van der Waals surface area (Å²) in [5.74, 6) is 0.201. The van der Waals surface area contributed by atoms with Crippen LogP contribution in [0, 0.1) is 0 Å². The van der Waals surface area contributed by atoms with Gasteiger partial charge in [0.15, 0.2) is 5.16 Å². The standard InChI is InChI=1S/C27H23N3O2S/c31-25(30-23-11-5-1-7-18(23)13-14-19-8-2-6-12-24(19)30)17-33-27-28-22-10-4-3-9-21(22)26(32)29(27)20-15-16-20/h1-12,20H,13-17H2. The largest absolute Gasteiger partial charge is 0.284 e. The number of nitrogens with zero attached hydrogens (tertiary/aromatic N) is 3. The molecule has 1 amide bonds. The van der Waals surface area contributed by atoms with Crippen molar-refractivity contribution in [1.82, 2.24) is 9.55 Å². The van der Waals surface area contributed by atoms with Crippen molar-refractivity contribution in [2.75, 3.05) is 10.7 Å². The second-order valence-corrected chi connectivity index (χ2v) is 9.54. The predicted molar refractivity (Wildman–Crippen MR) is 132 cm³/mol. The molecule has 1 aliphatic carbocycles. The topological polar surface area (TPSA) is 55.2 Å². The maximum absolute atomic E-state index is 13.7. The number of carbonyl (C=O) groups excluding carboxylic acids is 1. The minimum absolute atomic E-state index is 0.00782. The summed E-state index contributed by atoms with van der Waals surface area (Å²) in [7, 11) is 0. The highest BCUT2D eigenvalue weighted by atomic mass is 32.2. The highest BCUT2D eigenvalue weighted by molar-refractivity contribution is 7.99. The summed E-state index contributed by atoms with van der Waals surface area (Å²) in [4.78, 5) is 33.5. The molecule has 0 radical (unpaired) electrons. The number of aryl methyl sites for hydroxylation is 2. The molecule has 0 saturated heterocycles. The average molecular weight is 454 g/mol. The van der Waals surface area contributed by atoms with Crippen molar-refractivity contribution in [3.05, 3.63) is 94.3 Å². The molecule has 0 N–H and O–H groups in total. The van der Waals surface area contributed by atoms with Crippen molar-refractivity contribution in [2.24, 2.45) is 0 Å². The van der Waals surface area contributed by atoms with E-state index in [1.54, 1.807) is 4.57 Å². The third-order valence-corrected chi connectivity index (χ3v) is 7.33. The lowest BCUT2D eigenvalue weighted by Gasteiger charge is -2.25. The maximum atomic E-state index is 13.7. The molecule has 1 fully saturated rings. The van der Waals surface area contributed by atoms with Gasteiger partial charge in [-0.25, -0.2) is 4.98 Å². The van der Waals surface area contributed by atoms with Crippen molar-refractivity contribution in [2.45, 2.75) is 36.9 Å². The second kappa shape index (κ2) is 8.19. The van der Waals surface area contributed by atoms with E-state index in [4.69, 9.17) is 4.98 Å². The normalized spacial score (nSPS) is 15.1. The molecule has 0 atom stereocenters. The van der Waals surface area contributed by atoms with Gasteiger partial charge in [0.25, 0.3) is 5.56 Å². The Hall–Kier alpha value is -3.38.